The second kappa shape index (κ2) is 5.85. The lowest BCUT2D eigenvalue weighted by atomic mass is 9.99. The molecule has 3 rings (SSSR count). The number of hydrogen-bond acceptors (Lipinski definition) is 4. The monoisotopic (exact) mass is 311 g/mol. The van der Waals surface area contributed by atoms with Gasteiger partial charge in [0.25, 0.3) is 0 Å². The summed E-state index contributed by atoms with van der Waals surface area (Å²) in [6, 6.07) is 8.01. The molecule has 0 aliphatic heterocycles. The molecule has 4 nitrogen and oxygen atoms in total. The van der Waals surface area contributed by atoms with Gasteiger partial charge in [-0.05, 0) is 38.0 Å². The van der Waals surface area contributed by atoms with Gasteiger partial charge >= 0.3 is 0 Å². The Morgan fingerprint density at radius 3 is 2.73 bits per heavy atom. The molecule has 0 saturated heterocycles. The minimum Gasteiger partial charge on any atom is -0.302 e. The van der Waals surface area contributed by atoms with Gasteiger partial charge in [-0.3, -0.25) is 9.78 Å². The van der Waals surface area contributed by atoms with E-state index in [1.807, 2.05) is 45.0 Å². The van der Waals surface area contributed by atoms with E-state index in [4.69, 9.17) is 0 Å². The molecular weight excluding hydrogens is 294 g/mol. The molecule has 0 bridgehead atoms. The van der Waals surface area contributed by atoms with Gasteiger partial charge in [0.15, 0.2) is 5.13 Å². The third-order valence-corrected chi connectivity index (χ3v) is 4.52. The molecule has 1 N–H and O–H groups in total. The minimum absolute atomic E-state index is 0.0577. The molecule has 1 aromatic carbocycles. The van der Waals surface area contributed by atoms with Crippen LogP contribution in [0, 0.1) is 20.8 Å². The number of nitrogens with zero attached hydrogens (tertiary/aromatic N) is 2. The molecule has 22 heavy (non-hydrogen) atoms. The van der Waals surface area contributed by atoms with Crippen LogP contribution in [0.15, 0.2) is 30.5 Å². The number of anilines is 1. The lowest BCUT2D eigenvalue weighted by Gasteiger charge is -2.12. The number of thiazole rings is 1. The van der Waals surface area contributed by atoms with Gasteiger partial charge in [-0.1, -0.05) is 18.2 Å². The summed E-state index contributed by atoms with van der Waals surface area (Å²) >= 11 is 1.48. The number of pyridine rings is 1. The van der Waals surface area contributed by atoms with Gasteiger partial charge in [0.2, 0.25) is 5.91 Å². The number of aromatic nitrogens is 2. The molecule has 2 aromatic heterocycles. The number of carbonyl (C=O) groups is 1. The zero-order valence-electron chi connectivity index (χ0n) is 12.8. The molecule has 0 unspecified atom stereocenters. The van der Waals surface area contributed by atoms with Crippen molar-refractivity contribution in [3.63, 3.8) is 0 Å². The second-order valence-corrected chi connectivity index (χ2v) is 6.55. The van der Waals surface area contributed by atoms with E-state index in [2.05, 4.69) is 15.3 Å². The molecule has 5 heteroatoms. The Kier molecular flexibility index (Phi) is 3.90. The van der Waals surface area contributed by atoms with Crippen LogP contribution in [0.1, 0.15) is 21.7 Å². The van der Waals surface area contributed by atoms with Crippen molar-refractivity contribution in [3.05, 3.63) is 52.2 Å². The average molecular weight is 311 g/mol. The molecule has 0 aliphatic carbocycles. The van der Waals surface area contributed by atoms with Gasteiger partial charge in [-0.25, -0.2) is 4.98 Å². The van der Waals surface area contributed by atoms with Gasteiger partial charge in [0.1, 0.15) is 0 Å². The summed E-state index contributed by atoms with van der Waals surface area (Å²) in [6.07, 6.45) is 2.07. The SMILES string of the molecule is Cc1cnc(NC(=O)Cc2c(C)nc3ccccc3c2C)s1. The fourth-order valence-electron chi connectivity index (χ4n) is 2.57. The van der Waals surface area contributed by atoms with Crippen LogP contribution in [-0.4, -0.2) is 15.9 Å². The van der Waals surface area contributed by atoms with E-state index < -0.39 is 0 Å². The summed E-state index contributed by atoms with van der Waals surface area (Å²) in [7, 11) is 0. The van der Waals surface area contributed by atoms with Crippen molar-refractivity contribution in [2.45, 2.75) is 27.2 Å². The van der Waals surface area contributed by atoms with E-state index in [0.717, 1.165) is 32.6 Å². The normalized spacial score (nSPS) is 10.9. The molecular formula is C17H17N3OS. The number of carbonyl (C=O) groups excluding carboxylic acids is 1. The Labute approximate surface area is 133 Å². The number of aryl methyl sites for hydroxylation is 3. The van der Waals surface area contributed by atoms with Gasteiger partial charge in [0, 0.05) is 22.2 Å². The Hall–Kier alpha value is -2.27. The predicted octanol–water partition coefficient (Wildman–Crippen LogP) is 3.80. The quantitative estimate of drug-likeness (QED) is 0.800. The molecule has 0 radical (unpaired) electrons. The van der Waals surface area contributed by atoms with Crippen LogP contribution in [0.5, 0.6) is 0 Å². The van der Waals surface area contributed by atoms with Crippen LogP contribution in [-0.2, 0) is 11.2 Å². The number of nitrogens with one attached hydrogen (secondary N) is 1. The summed E-state index contributed by atoms with van der Waals surface area (Å²) in [5.41, 5.74) is 3.98. The van der Waals surface area contributed by atoms with Crippen LogP contribution in [0.3, 0.4) is 0 Å². The first-order valence-corrected chi connectivity index (χ1v) is 7.93. The van der Waals surface area contributed by atoms with Crippen LogP contribution in [0.2, 0.25) is 0 Å². The number of hydrogen-bond donors (Lipinski definition) is 1. The Morgan fingerprint density at radius 2 is 2.00 bits per heavy atom. The van der Waals surface area contributed by atoms with Crippen molar-refractivity contribution in [2.75, 3.05) is 5.32 Å². The van der Waals surface area contributed by atoms with E-state index in [1.54, 1.807) is 6.20 Å². The molecule has 0 aliphatic rings. The van der Waals surface area contributed by atoms with Gasteiger partial charge < -0.3 is 5.32 Å². The average Bonchev–Trinajstić information content (AvgIpc) is 2.88. The van der Waals surface area contributed by atoms with Gasteiger partial charge in [-0.2, -0.15) is 0 Å². The fourth-order valence-corrected chi connectivity index (χ4v) is 3.25. The fraction of sp³-hybridized carbons (Fsp3) is 0.235. The Balaban J connectivity index is 1.88. The first-order chi connectivity index (χ1) is 10.5. The topological polar surface area (TPSA) is 54.9 Å². The maximum Gasteiger partial charge on any atom is 0.230 e. The highest BCUT2D eigenvalue weighted by Crippen LogP contribution is 2.23. The third kappa shape index (κ3) is 2.85. The first kappa shape index (κ1) is 14.7. The summed E-state index contributed by atoms with van der Waals surface area (Å²) in [6.45, 7) is 5.97. The number of amides is 1. The highest BCUT2D eigenvalue weighted by Gasteiger charge is 2.13. The molecule has 0 atom stereocenters. The van der Waals surface area contributed by atoms with Crippen molar-refractivity contribution in [1.82, 2.24) is 9.97 Å². The lowest BCUT2D eigenvalue weighted by Crippen LogP contribution is -2.16. The van der Waals surface area contributed by atoms with E-state index in [-0.39, 0.29) is 5.91 Å². The standard InChI is InChI=1S/C17H17N3OS/c1-10-9-18-17(22-10)20-16(21)8-14-11(2)13-6-4-5-7-15(13)19-12(14)3/h4-7,9H,8H2,1-3H3,(H,18,20,21). The molecule has 112 valence electrons. The van der Waals surface area contributed by atoms with Crippen molar-refractivity contribution in [1.29, 1.82) is 0 Å². The molecule has 3 aromatic rings. The third-order valence-electron chi connectivity index (χ3n) is 3.69. The highest BCUT2D eigenvalue weighted by molar-refractivity contribution is 7.15. The number of rotatable bonds is 3. The van der Waals surface area contributed by atoms with Crippen LogP contribution >= 0.6 is 11.3 Å². The second-order valence-electron chi connectivity index (χ2n) is 5.32. The zero-order chi connectivity index (χ0) is 15.7. The van der Waals surface area contributed by atoms with E-state index >= 15 is 0 Å². The molecule has 0 fully saturated rings. The highest BCUT2D eigenvalue weighted by atomic mass is 32.1. The predicted molar refractivity (Wildman–Crippen MR) is 90.4 cm³/mol. The summed E-state index contributed by atoms with van der Waals surface area (Å²) in [5.74, 6) is -0.0577. The summed E-state index contributed by atoms with van der Waals surface area (Å²) in [5, 5.41) is 4.60. The maximum atomic E-state index is 12.3. The van der Waals surface area contributed by atoms with Crippen molar-refractivity contribution in [2.24, 2.45) is 0 Å². The van der Waals surface area contributed by atoms with Crippen LogP contribution in [0.25, 0.3) is 10.9 Å². The number of benzene rings is 1. The van der Waals surface area contributed by atoms with Gasteiger partial charge in [0.05, 0.1) is 11.9 Å². The number of fused-ring (bicyclic) bond motifs is 1. The lowest BCUT2D eigenvalue weighted by molar-refractivity contribution is -0.115. The van der Waals surface area contributed by atoms with E-state index in [9.17, 15) is 4.79 Å². The molecule has 0 spiro atoms. The van der Waals surface area contributed by atoms with Gasteiger partial charge in [-0.15, -0.1) is 11.3 Å². The molecule has 0 saturated carbocycles. The summed E-state index contributed by atoms with van der Waals surface area (Å²) < 4.78 is 0. The van der Waals surface area contributed by atoms with E-state index in [0.29, 0.717) is 11.6 Å². The largest absolute Gasteiger partial charge is 0.302 e. The first-order valence-electron chi connectivity index (χ1n) is 7.11. The Morgan fingerprint density at radius 1 is 1.23 bits per heavy atom. The number of para-hydroxylation sites is 1. The van der Waals surface area contributed by atoms with Crippen molar-refractivity contribution < 1.29 is 4.79 Å². The summed E-state index contributed by atoms with van der Waals surface area (Å²) in [4.78, 5) is 22.1. The smallest absolute Gasteiger partial charge is 0.230 e. The van der Waals surface area contributed by atoms with Crippen molar-refractivity contribution in [3.8, 4) is 0 Å². The molecule has 1 amide bonds. The van der Waals surface area contributed by atoms with Crippen LogP contribution in [0.4, 0.5) is 5.13 Å². The Bertz CT molecular complexity index is 854. The maximum absolute atomic E-state index is 12.3. The minimum atomic E-state index is -0.0577. The zero-order valence-corrected chi connectivity index (χ0v) is 13.6. The van der Waals surface area contributed by atoms with Crippen LogP contribution < -0.4 is 5.32 Å². The van der Waals surface area contributed by atoms with Crippen molar-refractivity contribution >= 4 is 33.3 Å². The van der Waals surface area contributed by atoms with E-state index in [1.165, 1.54) is 11.3 Å². The molecule has 2 heterocycles.